The fourth-order valence-electron chi connectivity index (χ4n) is 3.98. The summed E-state index contributed by atoms with van der Waals surface area (Å²) in [5, 5.41) is 13.7. The van der Waals surface area contributed by atoms with Crippen LogP contribution in [0.4, 0.5) is 5.69 Å². The number of morpholine rings is 1. The van der Waals surface area contributed by atoms with Crippen molar-refractivity contribution in [3.05, 3.63) is 55.1 Å². The maximum absolute atomic E-state index is 9.14. The number of aromatic nitrogens is 5. The summed E-state index contributed by atoms with van der Waals surface area (Å²) in [7, 11) is 0. The quantitative estimate of drug-likeness (QED) is 0.482. The highest BCUT2D eigenvalue weighted by atomic mass is 16.5. The van der Waals surface area contributed by atoms with Crippen molar-refractivity contribution in [1.82, 2.24) is 24.1 Å². The van der Waals surface area contributed by atoms with Gasteiger partial charge in [-0.15, -0.1) is 0 Å². The van der Waals surface area contributed by atoms with E-state index in [-0.39, 0.29) is 0 Å². The third kappa shape index (κ3) is 3.72. The molecule has 0 bridgehead atoms. The maximum atomic E-state index is 9.14. The van der Waals surface area contributed by atoms with Crippen molar-refractivity contribution in [2.24, 2.45) is 0 Å². The van der Waals surface area contributed by atoms with Gasteiger partial charge in [0.15, 0.2) is 0 Å². The molecule has 1 fully saturated rings. The zero-order chi connectivity index (χ0) is 22.1. The van der Waals surface area contributed by atoms with Gasteiger partial charge in [0, 0.05) is 49.0 Å². The largest absolute Gasteiger partial charge is 0.378 e. The summed E-state index contributed by atoms with van der Waals surface area (Å²) in [4.78, 5) is 11.8. The Kier molecular flexibility index (Phi) is 5.11. The van der Waals surface area contributed by atoms with Gasteiger partial charge >= 0.3 is 0 Å². The fraction of sp³-hybridized carbons (Fsp3) is 0.333. The molecular weight excluding hydrogens is 402 g/mol. The van der Waals surface area contributed by atoms with Crippen molar-refractivity contribution < 1.29 is 4.74 Å². The predicted molar refractivity (Wildman–Crippen MR) is 122 cm³/mol. The predicted octanol–water partition coefficient (Wildman–Crippen LogP) is 3.75. The number of nitrogens with zero attached hydrogens (tertiary/aromatic N) is 7. The molecule has 4 aromatic rings. The second kappa shape index (κ2) is 8.09. The van der Waals surface area contributed by atoms with Crippen LogP contribution in [0.2, 0.25) is 0 Å². The summed E-state index contributed by atoms with van der Waals surface area (Å²) in [5.74, 6) is 0.770. The molecule has 0 unspecified atom stereocenters. The molecule has 8 heteroatoms. The minimum Gasteiger partial charge on any atom is -0.378 e. The molecule has 1 saturated heterocycles. The molecule has 0 spiro atoms. The Morgan fingerprint density at radius 1 is 1.12 bits per heavy atom. The third-order valence-electron chi connectivity index (χ3n) is 5.90. The molecular formula is C24H25N7O. The number of benzene rings is 1. The van der Waals surface area contributed by atoms with Crippen LogP contribution in [0.1, 0.15) is 20.3 Å². The Bertz CT molecular complexity index is 1270. The topological polar surface area (TPSA) is 84.3 Å². The number of fused-ring (bicyclic) bond motifs is 1. The molecule has 0 aliphatic carbocycles. The van der Waals surface area contributed by atoms with Gasteiger partial charge in [-0.2, -0.15) is 10.4 Å². The van der Waals surface area contributed by atoms with E-state index < -0.39 is 5.54 Å². The Labute approximate surface area is 186 Å². The van der Waals surface area contributed by atoms with E-state index in [4.69, 9.17) is 15.0 Å². The van der Waals surface area contributed by atoms with Crippen LogP contribution in [0.5, 0.6) is 0 Å². The molecule has 4 heterocycles. The molecule has 1 aliphatic heterocycles. The van der Waals surface area contributed by atoms with Gasteiger partial charge in [-0.05, 0) is 26.0 Å². The zero-order valence-corrected chi connectivity index (χ0v) is 18.3. The van der Waals surface area contributed by atoms with E-state index in [1.54, 1.807) is 12.4 Å². The maximum Gasteiger partial charge on any atom is 0.149 e. The average Bonchev–Trinajstić information content (AvgIpc) is 3.49. The van der Waals surface area contributed by atoms with Crippen molar-refractivity contribution in [2.45, 2.75) is 25.8 Å². The number of nitriles is 1. The van der Waals surface area contributed by atoms with Crippen molar-refractivity contribution >= 4 is 11.3 Å². The van der Waals surface area contributed by atoms with E-state index in [0.29, 0.717) is 6.42 Å². The highest BCUT2D eigenvalue weighted by Crippen LogP contribution is 2.28. The monoisotopic (exact) mass is 427 g/mol. The van der Waals surface area contributed by atoms with Crippen molar-refractivity contribution in [1.29, 1.82) is 5.26 Å². The Hall–Kier alpha value is -3.70. The standard InChI is InChI=1S/C24H25N7O/c1-24(2,7-8-25)31-17-19(16-27-31)23-28-21(15-22-26-9-10-30(22)23)18-3-5-20(6-4-18)29-11-13-32-14-12-29/h3-6,9-10,15-17H,7,11-14H2,1-2H3. The molecule has 3 aromatic heterocycles. The van der Waals surface area contributed by atoms with Crippen molar-refractivity contribution in [3.63, 3.8) is 0 Å². The number of rotatable bonds is 5. The van der Waals surface area contributed by atoms with Gasteiger partial charge in [-0.25, -0.2) is 9.97 Å². The molecule has 1 aromatic carbocycles. The summed E-state index contributed by atoms with van der Waals surface area (Å²) in [5.41, 5.74) is 4.40. The number of ether oxygens (including phenoxy) is 1. The summed E-state index contributed by atoms with van der Waals surface area (Å²) in [6, 6.07) is 12.7. The van der Waals surface area contributed by atoms with E-state index in [0.717, 1.165) is 54.6 Å². The lowest BCUT2D eigenvalue weighted by molar-refractivity contribution is 0.122. The minimum absolute atomic E-state index is 0.373. The van der Waals surface area contributed by atoms with Crippen LogP contribution in [0.3, 0.4) is 0 Å². The Morgan fingerprint density at radius 3 is 2.66 bits per heavy atom. The lowest BCUT2D eigenvalue weighted by Crippen LogP contribution is -2.36. The second-order valence-corrected chi connectivity index (χ2v) is 8.59. The molecule has 5 rings (SSSR count). The first kappa shape index (κ1) is 20.2. The first-order valence-electron chi connectivity index (χ1n) is 10.7. The first-order valence-corrected chi connectivity index (χ1v) is 10.7. The van der Waals surface area contributed by atoms with Crippen LogP contribution in [-0.2, 0) is 10.3 Å². The molecule has 0 atom stereocenters. The summed E-state index contributed by atoms with van der Waals surface area (Å²) in [6.07, 6.45) is 7.80. The van der Waals surface area contributed by atoms with E-state index in [1.807, 2.05) is 41.4 Å². The second-order valence-electron chi connectivity index (χ2n) is 8.59. The van der Waals surface area contributed by atoms with Crippen molar-refractivity contribution in [3.8, 4) is 28.7 Å². The first-order chi connectivity index (χ1) is 15.5. The number of hydrogen-bond donors (Lipinski definition) is 0. The van der Waals surface area contributed by atoms with Gasteiger partial charge < -0.3 is 9.64 Å². The van der Waals surface area contributed by atoms with Gasteiger partial charge in [0.2, 0.25) is 0 Å². The smallest absolute Gasteiger partial charge is 0.149 e. The van der Waals surface area contributed by atoms with E-state index >= 15 is 0 Å². The lowest BCUT2D eigenvalue weighted by Gasteiger charge is -2.28. The van der Waals surface area contributed by atoms with Gasteiger partial charge in [0.25, 0.3) is 0 Å². The summed E-state index contributed by atoms with van der Waals surface area (Å²) < 4.78 is 9.25. The Balaban J connectivity index is 1.52. The van der Waals surface area contributed by atoms with E-state index in [9.17, 15) is 0 Å². The van der Waals surface area contributed by atoms with Crippen LogP contribution < -0.4 is 4.90 Å². The number of imidazole rings is 1. The highest BCUT2D eigenvalue weighted by Gasteiger charge is 2.22. The van der Waals surface area contributed by atoms with Gasteiger partial charge in [0.05, 0.1) is 48.7 Å². The SMILES string of the molecule is CC(C)(CC#N)n1cc(-c2nc(-c3ccc(N4CCOCC4)cc3)cc3nccn23)cn1. The summed E-state index contributed by atoms with van der Waals surface area (Å²) >= 11 is 0. The molecule has 0 N–H and O–H groups in total. The van der Waals surface area contributed by atoms with Crippen LogP contribution in [0.25, 0.3) is 28.3 Å². The number of anilines is 1. The van der Waals surface area contributed by atoms with Gasteiger partial charge in [0.1, 0.15) is 11.5 Å². The molecule has 0 saturated carbocycles. The highest BCUT2D eigenvalue weighted by molar-refractivity contribution is 5.70. The lowest BCUT2D eigenvalue weighted by atomic mass is 10.0. The van der Waals surface area contributed by atoms with Crippen LogP contribution in [0.15, 0.2) is 55.1 Å². The van der Waals surface area contributed by atoms with Crippen LogP contribution >= 0.6 is 0 Å². The molecule has 162 valence electrons. The minimum atomic E-state index is -0.395. The van der Waals surface area contributed by atoms with Gasteiger partial charge in [-0.3, -0.25) is 9.08 Å². The molecule has 1 aliphatic rings. The van der Waals surface area contributed by atoms with Gasteiger partial charge in [-0.1, -0.05) is 12.1 Å². The normalized spacial score (nSPS) is 14.6. The fourth-order valence-corrected chi connectivity index (χ4v) is 3.98. The third-order valence-corrected chi connectivity index (χ3v) is 5.90. The molecule has 8 nitrogen and oxygen atoms in total. The Morgan fingerprint density at radius 2 is 1.91 bits per heavy atom. The van der Waals surface area contributed by atoms with Crippen LogP contribution in [0, 0.1) is 11.3 Å². The van der Waals surface area contributed by atoms with Crippen LogP contribution in [-0.4, -0.2) is 50.5 Å². The van der Waals surface area contributed by atoms with E-state index in [1.165, 1.54) is 5.69 Å². The van der Waals surface area contributed by atoms with E-state index in [2.05, 4.69) is 45.3 Å². The molecule has 32 heavy (non-hydrogen) atoms. The summed E-state index contributed by atoms with van der Waals surface area (Å²) in [6.45, 7) is 7.35. The molecule has 0 radical (unpaired) electrons. The van der Waals surface area contributed by atoms with Crippen molar-refractivity contribution in [2.75, 3.05) is 31.2 Å². The zero-order valence-electron chi connectivity index (χ0n) is 18.3. The number of hydrogen-bond acceptors (Lipinski definition) is 6. The molecule has 0 amide bonds. The average molecular weight is 428 g/mol.